The molecule has 1 heterocycles. The van der Waals surface area contributed by atoms with Crippen LogP contribution < -0.4 is 15.0 Å². The summed E-state index contributed by atoms with van der Waals surface area (Å²) in [5.74, 6) is 0.728. The molecule has 0 spiro atoms. The molecule has 2 amide bonds. The zero-order chi connectivity index (χ0) is 18.4. The number of methoxy groups -OCH3 is 1. The molecule has 1 aliphatic heterocycles. The number of alkyl carbamates (subject to hydrolysis) is 1. The topological polar surface area (TPSA) is 71.1 Å². The van der Waals surface area contributed by atoms with Crippen molar-refractivity contribution in [2.24, 2.45) is 0 Å². The van der Waals surface area contributed by atoms with Crippen LogP contribution >= 0.6 is 0 Å². The third kappa shape index (κ3) is 5.85. The zero-order valence-corrected chi connectivity index (χ0v) is 15.4. The summed E-state index contributed by atoms with van der Waals surface area (Å²) in [6.45, 7) is 8.07. The van der Waals surface area contributed by atoms with Crippen molar-refractivity contribution in [3.05, 3.63) is 24.3 Å². The summed E-state index contributed by atoms with van der Waals surface area (Å²) >= 11 is 0. The smallest absolute Gasteiger partial charge is 0.408 e. The first kappa shape index (κ1) is 18.9. The number of amides is 2. The lowest BCUT2D eigenvalue weighted by atomic mass is 10.2. The molecule has 1 aliphatic rings. The quantitative estimate of drug-likeness (QED) is 0.898. The van der Waals surface area contributed by atoms with Gasteiger partial charge in [-0.3, -0.25) is 4.79 Å². The average Bonchev–Trinajstić information content (AvgIpc) is 2.58. The first-order valence-corrected chi connectivity index (χ1v) is 8.42. The molecule has 0 aliphatic carbocycles. The Bertz CT molecular complexity index is 587. The van der Waals surface area contributed by atoms with Crippen molar-refractivity contribution in [1.29, 1.82) is 0 Å². The number of nitrogens with zero attached hydrogens (tertiary/aromatic N) is 2. The number of carbonyl (C=O) groups excluding carboxylic acids is 2. The minimum absolute atomic E-state index is 0.0442. The number of nitrogens with one attached hydrogen (secondary N) is 1. The molecule has 1 aromatic rings. The Morgan fingerprint density at radius 3 is 2.20 bits per heavy atom. The Kier molecular flexibility index (Phi) is 6.12. The van der Waals surface area contributed by atoms with Crippen molar-refractivity contribution in [1.82, 2.24) is 10.2 Å². The van der Waals surface area contributed by atoms with E-state index in [-0.39, 0.29) is 12.5 Å². The minimum Gasteiger partial charge on any atom is -0.497 e. The third-order valence-electron chi connectivity index (χ3n) is 3.85. The second kappa shape index (κ2) is 8.09. The highest BCUT2D eigenvalue weighted by Crippen LogP contribution is 2.20. The van der Waals surface area contributed by atoms with Gasteiger partial charge < -0.3 is 24.6 Å². The zero-order valence-electron chi connectivity index (χ0n) is 15.4. The monoisotopic (exact) mass is 349 g/mol. The van der Waals surface area contributed by atoms with Crippen molar-refractivity contribution in [3.8, 4) is 5.75 Å². The van der Waals surface area contributed by atoms with E-state index in [1.54, 1.807) is 32.8 Å². The molecule has 0 atom stereocenters. The number of hydrogen-bond acceptors (Lipinski definition) is 5. The van der Waals surface area contributed by atoms with Gasteiger partial charge in [0.15, 0.2) is 0 Å². The van der Waals surface area contributed by atoms with E-state index < -0.39 is 11.7 Å². The van der Waals surface area contributed by atoms with Crippen LogP contribution in [0.3, 0.4) is 0 Å². The Morgan fingerprint density at radius 1 is 1.08 bits per heavy atom. The Morgan fingerprint density at radius 2 is 1.68 bits per heavy atom. The Labute approximate surface area is 148 Å². The summed E-state index contributed by atoms with van der Waals surface area (Å²) in [6, 6.07) is 7.88. The highest BCUT2D eigenvalue weighted by Gasteiger charge is 2.22. The van der Waals surface area contributed by atoms with Crippen LogP contribution in [0, 0.1) is 0 Å². The fourth-order valence-electron chi connectivity index (χ4n) is 2.58. The number of piperazine rings is 1. The van der Waals surface area contributed by atoms with Gasteiger partial charge in [0.05, 0.1) is 7.11 Å². The minimum atomic E-state index is -0.572. The van der Waals surface area contributed by atoms with E-state index in [1.807, 2.05) is 24.3 Å². The van der Waals surface area contributed by atoms with Gasteiger partial charge in [-0.25, -0.2) is 4.79 Å². The van der Waals surface area contributed by atoms with E-state index in [1.165, 1.54) is 0 Å². The molecule has 0 aromatic heterocycles. The van der Waals surface area contributed by atoms with Crippen molar-refractivity contribution in [3.63, 3.8) is 0 Å². The van der Waals surface area contributed by atoms with Crippen LogP contribution in [0.2, 0.25) is 0 Å². The second-order valence-corrected chi connectivity index (χ2v) is 6.92. The number of rotatable bonds is 4. The summed E-state index contributed by atoms with van der Waals surface area (Å²) in [5.41, 5.74) is 0.539. The maximum atomic E-state index is 12.2. The molecule has 0 bridgehead atoms. The molecule has 1 fully saturated rings. The van der Waals surface area contributed by atoms with Gasteiger partial charge in [0.2, 0.25) is 5.91 Å². The number of anilines is 1. The summed E-state index contributed by atoms with van der Waals surface area (Å²) in [7, 11) is 1.64. The van der Waals surface area contributed by atoms with Gasteiger partial charge in [0.1, 0.15) is 17.9 Å². The molecule has 0 saturated carbocycles. The van der Waals surface area contributed by atoms with E-state index in [2.05, 4.69) is 10.2 Å². The number of carbonyl (C=O) groups is 2. The van der Waals surface area contributed by atoms with Gasteiger partial charge in [-0.2, -0.15) is 0 Å². The maximum absolute atomic E-state index is 12.2. The highest BCUT2D eigenvalue weighted by atomic mass is 16.6. The fourth-order valence-corrected chi connectivity index (χ4v) is 2.58. The summed E-state index contributed by atoms with van der Waals surface area (Å²) in [5, 5.41) is 2.51. The van der Waals surface area contributed by atoms with E-state index in [4.69, 9.17) is 9.47 Å². The van der Waals surface area contributed by atoms with Crippen LogP contribution in [-0.4, -0.2) is 62.3 Å². The van der Waals surface area contributed by atoms with Crippen LogP contribution in [-0.2, 0) is 9.53 Å². The van der Waals surface area contributed by atoms with Gasteiger partial charge in [-0.15, -0.1) is 0 Å². The van der Waals surface area contributed by atoms with Crippen LogP contribution in [0.4, 0.5) is 10.5 Å². The normalized spacial score (nSPS) is 14.9. The molecule has 1 saturated heterocycles. The van der Waals surface area contributed by atoms with E-state index >= 15 is 0 Å². The van der Waals surface area contributed by atoms with Crippen molar-refractivity contribution < 1.29 is 19.1 Å². The van der Waals surface area contributed by atoms with Crippen LogP contribution in [0.5, 0.6) is 5.75 Å². The van der Waals surface area contributed by atoms with Crippen LogP contribution in [0.1, 0.15) is 20.8 Å². The largest absolute Gasteiger partial charge is 0.497 e. The molecule has 0 unspecified atom stereocenters. The fraction of sp³-hybridized carbons (Fsp3) is 0.556. The number of ether oxygens (including phenoxy) is 2. The number of benzene rings is 1. The second-order valence-electron chi connectivity index (χ2n) is 6.92. The molecule has 7 heteroatoms. The molecule has 1 aromatic carbocycles. The first-order chi connectivity index (χ1) is 11.8. The third-order valence-corrected chi connectivity index (χ3v) is 3.85. The molecular formula is C18H27N3O4. The standard InChI is InChI=1S/C18H27N3O4/c1-18(2,3)25-17(23)19-13-16(22)21-11-9-20(10-12-21)14-5-7-15(24-4)8-6-14/h5-8H,9-13H2,1-4H3,(H,19,23). The van der Waals surface area contributed by atoms with E-state index in [0.29, 0.717) is 13.1 Å². The van der Waals surface area contributed by atoms with E-state index in [9.17, 15) is 9.59 Å². The van der Waals surface area contributed by atoms with Gasteiger partial charge >= 0.3 is 6.09 Å². The van der Waals surface area contributed by atoms with Gasteiger partial charge in [-0.05, 0) is 45.0 Å². The lowest BCUT2D eigenvalue weighted by Gasteiger charge is -2.36. The molecule has 0 radical (unpaired) electrons. The summed E-state index contributed by atoms with van der Waals surface area (Å²) < 4.78 is 10.3. The summed E-state index contributed by atoms with van der Waals surface area (Å²) in [4.78, 5) is 27.8. The van der Waals surface area contributed by atoms with Gasteiger partial charge in [0, 0.05) is 31.9 Å². The Balaban J connectivity index is 1.77. The summed E-state index contributed by atoms with van der Waals surface area (Å²) in [6.07, 6.45) is -0.572. The lowest BCUT2D eigenvalue weighted by molar-refractivity contribution is -0.130. The van der Waals surface area contributed by atoms with Crippen molar-refractivity contribution in [2.75, 3.05) is 44.7 Å². The Hall–Kier alpha value is -2.44. The molecule has 1 N–H and O–H groups in total. The van der Waals surface area contributed by atoms with Gasteiger partial charge in [-0.1, -0.05) is 0 Å². The van der Waals surface area contributed by atoms with Gasteiger partial charge in [0.25, 0.3) is 0 Å². The molecule has 25 heavy (non-hydrogen) atoms. The molecule has 138 valence electrons. The van der Waals surface area contributed by atoms with Crippen molar-refractivity contribution in [2.45, 2.75) is 26.4 Å². The van der Waals surface area contributed by atoms with Crippen molar-refractivity contribution >= 4 is 17.7 Å². The average molecular weight is 349 g/mol. The van der Waals surface area contributed by atoms with Crippen LogP contribution in [0.25, 0.3) is 0 Å². The van der Waals surface area contributed by atoms with E-state index in [0.717, 1.165) is 24.5 Å². The highest BCUT2D eigenvalue weighted by molar-refractivity contribution is 5.82. The molecular weight excluding hydrogens is 322 g/mol. The molecule has 7 nitrogen and oxygen atoms in total. The predicted molar refractivity (Wildman–Crippen MR) is 96.0 cm³/mol. The number of hydrogen-bond donors (Lipinski definition) is 1. The molecule has 2 rings (SSSR count). The lowest BCUT2D eigenvalue weighted by Crippen LogP contribution is -2.51. The SMILES string of the molecule is COc1ccc(N2CCN(C(=O)CNC(=O)OC(C)(C)C)CC2)cc1. The maximum Gasteiger partial charge on any atom is 0.408 e. The predicted octanol–water partition coefficient (Wildman–Crippen LogP) is 1.87. The van der Waals surface area contributed by atoms with Crippen LogP contribution in [0.15, 0.2) is 24.3 Å². The first-order valence-electron chi connectivity index (χ1n) is 8.42.